The van der Waals surface area contributed by atoms with Gasteiger partial charge in [-0.05, 0) is 55.7 Å². The molecule has 8 heteroatoms. The van der Waals surface area contributed by atoms with Gasteiger partial charge in [0, 0.05) is 32.7 Å². The van der Waals surface area contributed by atoms with Crippen LogP contribution in [0.2, 0.25) is 0 Å². The van der Waals surface area contributed by atoms with Crippen molar-refractivity contribution in [2.24, 2.45) is 0 Å². The van der Waals surface area contributed by atoms with Crippen molar-refractivity contribution in [3.8, 4) is 5.75 Å². The van der Waals surface area contributed by atoms with Crippen molar-refractivity contribution in [1.82, 2.24) is 9.21 Å². The van der Waals surface area contributed by atoms with E-state index >= 15 is 0 Å². The van der Waals surface area contributed by atoms with Crippen molar-refractivity contribution in [2.75, 3.05) is 37.7 Å². The Morgan fingerprint density at radius 1 is 0.892 bits per heavy atom. The molecule has 0 saturated carbocycles. The maximum Gasteiger partial charge on any atom is 0.244 e. The first-order valence-corrected chi connectivity index (χ1v) is 14.2. The van der Waals surface area contributed by atoms with Gasteiger partial charge in [-0.2, -0.15) is 4.31 Å². The second-order valence-electron chi connectivity index (χ2n) is 9.57. The van der Waals surface area contributed by atoms with Gasteiger partial charge in [0.15, 0.2) is 0 Å². The van der Waals surface area contributed by atoms with Crippen molar-refractivity contribution in [3.63, 3.8) is 0 Å². The molecule has 1 unspecified atom stereocenters. The summed E-state index contributed by atoms with van der Waals surface area (Å²) in [7, 11) is -3.86. The average molecular weight is 520 g/mol. The highest BCUT2D eigenvalue weighted by Gasteiger charge is 2.41. The van der Waals surface area contributed by atoms with Gasteiger partial charge in [0.1, 0.15) is 11.8 Å². The predicted octanol–water partition coefficient (Wildman–Crippen LogP) is 3.86. The van der Waals surface area contributed by atoms with Gasteiger partial charge >= 0.3 is 0 Å². The Balaban J connectivity index is 1.38. The molecule has 0 spiro atoms. The van der Waals surface area contributed by atoms with Crippen LogP contribution in [-0.2, 0) is 27.8 Å². The largest absolute Gasteiger partial charge is 0.492 e. The summed E-state index contributed by atoms with van der Waals surface area (Å²) in [6, 6.07) is 21.8. The molecule has 3 aromatic carbocycles. The van der Waals surface area contributed by atoms with Gasteiger partial charge in [0.2, 0.25) is 15.9 Å². The number of carbonyl (C=O) groups is 1. The third-order valence-electron chi connectivity index (χ3n) is 7.22. The number of benzene rings is 3. The van der Waals surface area contributed by atoms with E-state index in [1.165, 1.54) is 4.31 Å². The first kappa shape index (κ1) is 25.3. The van der Waals surface area contributed by atoms with Crippen molar-refractivity contribution in [2.45, 2.75) is 37.8 Å². The summed E-state index contributed by atoms with van der Waals surface area (Å²) in [6.07, 6.45) is 0.369. The number of nitrogens with zero attached hydrogens (tertiary/aromatic N) is 3. The van der Waals surface area contributed by atoms with E-state index in [9.17, 15) is 13.2 Å². The van der Waals surface area contributed by atoms with E-state index in [4.69, 9.17) is 4.74 Å². The van der Waals surface area contributed by atoms with Gasteiger partial charge in [-0.1, -0.05) is 54.1 Å². The van der Waals surface area contributed by atoms with Crippen molar-refractivity contribution < 1.29 is 17.9 Å². The number of hydrogen-bond acceptors (Lipinski definition) is 5. The van der Waals surface area contributed by atoms with Gasteiger partial charge in [-0.15, -0.1) is 0 Å². The van der Waals surface area contributed by atoms with Gasteiger partial charge in [0.25, 0.3) is 0 Å². The van der Waals surface area contributed by atoms with E-state index in [0.29, 0.717) is 39.2 Å². The molecule has 0 radical (unpaired) electrons. The van der Waals surface area contributed by atoms with Crippen LogP contribution in [0.4, 0.5) is 5.69 Å². The van der Waals surface area contributed by atoms with E-state index in [-0.39, 0.29) is 17.3 Å². The molecule has 0 aromatic heterocycles. The highest BCUT2D eigenvalue weighted by molar-refractivity contribution is 7.89. The third-order valence-corrected chi connectivity index (χ3v) is 9.08. The Labute approximate surface area is 219 Å². The number of piperazine rings is 1. The van der Waals surface area contributed by atoms with Crippen LogP contribution >= 0.6 is 0 Å². The number of amides is 1. The molecule has 3 aromatic rings. The Bertz CT molecular complexity index is 1370. The van der Waals surface area contributed by atoms with Crippen molar-refractivity contribution in [3.05, 3.63) is 89.5 Å². The summed E-state index contributed by atoms with van der Waals surface area (Å²) in [5.74, 6) is 0.701. The van der Waals surface area contributed by atoms with Crippen LogP contribution < -0.4 is 9.64 Å². The summed E-state index contributed by atoms with van der Waals surface area (Å²) < 4.78 is 34.8. The van der Waals surface area contributed by atoms with Crippen molar-refractivity contribution in [1.29, 1.82) is 0 Å². The molecule has 1 amide bonds. The number of para-hydroxylation sites is 2. The second-order valence-corrected chi connectivity index (χ2v) is 11.5. The number of rotatable bonds is 6. The molecule has 2 aliphatic rings. The fraction of sp³-hybridized carbons (Fsp3) is 0.345. The van der Waals surface area contributed by atoms with E-state index in [0.717, 1.165) is 28.1 Å². The van der Waals surface area contributed by atoms with Gasteiger partial charge < -0.3 is 14.5 Å². The normalized spacial score (nSPS) is 18.4. The van der Waals surface area contributed by atoms with E-state index < -0.39 is 16.1 Å². The van der Waals surface area contributed by atoms with Crippen LogP contribution in [0.25, 0.3) is 0 Å². The van der Waals surface area contributed by atoms with Gasteiger partial charge in [-0.3, -0.25) is 4.79 Å². The van der Waals surface area contributed by atoms with E-state index in [1.54, 1.807) is 24.3 Å². The minimum atomic E-state index is -3.86. The average Bonchev–Trinajstić information content (AvgIpc) is 2.93. The van der Waals surface area contributed by atoms with E-state index in [1.807, 2.05) is 67.3 Å². The molecule has 2 aliphatic heterocycles. The minimum Gasteiger partial charge on any atom is -0.492 e. The van der Waals surface area contributed by atoms with Crippen LogP contribution in [0, 0.1) is 6.92 Å². The smallest absolute Gasteiger partial charge is 0.244 e. The standard InChI is InChI=1S/C29H33N3O4S/c1-3-36-28-11-7-6-10-26(28)30-16-18-31(19-17-30)29(33)27-20-23-8-4-5-9-24(23)21-32(27)37(34,35)25-14-12-22(2)13-15-25/h4-15,27H,3,16-21H2,1-2H3. The topological polar surface area (TPSA) is 70.2 Å². The quantitative estimate of drug-likeness (QED) is 0.495. The number of sulfonamides is 1. The summed E-state index contributed by atoms with van der Waals surface area (Å²) in [6.45, 7) is 7.02. The molecule has 1 atom stereocenters. The first-order valence-electron chi connectivity index (χ1n) is 12.8. The number of aryl methyl sites for hydroxylation is 1. The molecule has 194 valence electrons. The molecule has 7 nitrogen and oxygen atoms in total. The highest BCUT2D eigenvalue weighted by atomic mass is 32.2. The second kappa shape index (κ2) is 10.6. The maximum absolute atomic E-state index is 13.9. The first-order chi connectivity index (χ1) is 17.9. The molecule has 37 heavy (non-hydrogen) atoms. The van der Waals surface area contributed by atoms with Crippen LogP contribution in [0.1, 0.15) is 23.6 Å². The third kappa shape index (κ3) is 5.08. The zero-order chi connectivity index (χ0) is 26.0. The summed E-state index contributed by atoms with van der Waals surface area (Å²) in [5, 5.41) is 0. The van der Waals surface area contributed by atoms with Gasteiger partial charge in [0.05, 0.1) is 17.2 Å². The minimum absolute atomic E-state index is 0.136. The lowest BCUT2D eigenvalue weighted by Gasteiger charge is -2.41. The van der Waals surface area contributed by atoms with Crippen LogP contribution in [0.15, 0.2) is 77.7 Å². The molecular weight excluding hydrogens is 486 g/mol. The monoisotopic (exact) mass is 519 g/mol. The molecular formula is C29H33N3O4S. The summed E-state index contributed by atoms with van der Waals surface area (Å²) in [5.41, 5.74) is 3.98. The van der Waals surface area contributed by atoms with Gasteiger partial charge in [-0.25, -0.2) is 8.42 Å². The Morgan fingerprint density at radius 2 is 1.54 bits per heavy atom. The number of carbonyl (C=O) groups excluding carboxylic acids is 1. The highest BCUT2D eigenvalue weighted by Crippen LogP contribution is 2.32. The number of fused-ring (bicyclic) bond motifs is 1. The SMILES string of the molecule is CCOc1ccccc1N1CCN(C(=O)C2Cc3ccccc3CN2S(=O)(=O)c2ccc(C)cc2)CC1. The lowest BCUT2D eigenvalue weighted by Crippen LogP contribution is -2.57. The van der Waals surface area contributed by atoms with Crippen LogP contribution in [0.5, 0.6) is 5.75 Å². The maximum atomic E-state index is 13.9. The fourth-order valence-electron chi connectivity index (χ4n) is 5.18. The molecule has 0 N–H and O–H groups in total. The van der Waals surface area contributed by atoms with Crippen LogP contribution in [0.3, 0.4) is 0 Å². The van der Waals surface area contributed by atoms with E-state index in [2.05, 4.69) is 4.90 Å². The Morgan fingerprint density at radius 3 is 2.24 bits per heavy atom. The van der Waals surface area contributed by atoms with Crippen LogP contribution in [-0.4, -0.2) is 62.4 Å². The fourth-order valence-corrected chi connectivity index (χ4v) is 6.74. The predicted molar refractivity (Wildman–Crippen MR) is 144 cm³/mol. The zero-order valence-electron chi connectivity index (χ0n) is 21.3. The molecule has 0 bridgehead atoms. The summed E-state index contributed by atoms with van der Waals surface area (Å²) >= 11 is 0. The number of ether oxygens (including phenoxy) is 1. The Kier molecular flexibility index (Phi) is 7.22. The number of hydrogen-bond donors (Lipinski definition) is 0. The lowest BCUT2D eigenvalue weighted by molar-refractivity contribution is -0.136. The summed E-state index contributed by atoms with van der Waals surface area (Å²) in [4.78, 5) is 18.2. The molecule has 5 rings (SSSR count). The zero-order valence-corrected chi connectivity index (χ0v) is 22.2. The molecule has 0 aliphatic carbocycles. The van der Waals surface area contributed by atoms with Crippen molar-refractivity contribution >= 4 is 21.6 Å². The number of anilines is 1. The molecule has 2 heterocycles. The lowest BCUT2D eigenvalue weighted by atomic mass is 9.95. The Hall–Kier alpha value is -3.36. The molecule has 1 saturated heterocycles. The molecule has 1 fully saturated rings.